The van der Waals surface area contributed by atoms with Gasteiger partial charge in [0.05, 0.1) is 9.26 Å². The molecule has 142 valence electrons. The molecule has 4 heteroatoms. The number of phenolic OH excluding ortho intramolecular Hbond substituents is 1. The van der Waals surface area contributed by atoms with Gasteiger partial charge in [0.15, 0.2) is 0 Å². The quantitative estimate of drug-likeness (QED) is 0.189. The second-order valence-corrected chi connectivity index (χ2v) is 8.93. The van der Waals surface area contributed by atoms with Crippen LogP contribution in [0.4, 0.5) is 5.69 Å². The lowest BCUT2D eigenvalue weighted by Crippen LogP contribution is -1.89. The fourth-order valence-electron chi connectivity index (χ4n) is 3.20. The summed E-state index contributed by atoms with van der Waals surface area (Å²) in [6.45, 7) is 0. The molecular weight excluding hydrogens is 584 g/mol. The Kier molecular flexibility index (Phi) is 6.30. The number of phenols is 1. The summed E-state index contributed by atoms with van der Waals surface area (Å²) in [5.74, 6) is 0.258. The largest absolute Gasteiger partial charge is 0.506 e. The van der Waals surface area contributed by atoms with Crippen molar-refractivity contribution in [1.82, 2.24) is 0 Å². The summed E-state index contributed by atoms with van der Waals surface area (Å²) >= 11 is 4.40. The van der Waals surface area contributed by atoms with Crippen LogP contribution >= 0.6 is 45.2 Å². The number of aliphatic imine (C=N–C) groups is 1. The predicted molar refractivity (Wildman–Crippen MR) is 138 cm³/mol. The van der Waals surface area contributed by atoms with Crippen molar-refractivity contribution in [1.29, 1.82) is 0 Å². The monoisotopic (exact) mass is 601 g/mol. The minimum Gasteiger partial charge on any atom is -0.506 e. The zero-order valence-electron chi connectivity index (χ0n) is 15.4. The molecule has 0 bridgehead atoms. The van der Waals surface area contributed by atoms with Crippen LogP contribution in [-0.4, -0.2) is 11.3 Å². The van der Waals surface area contributed by atoms with Crippen molar-refractivity contribution in [2.45, 2.75) is 0 Å². The number of nitrogens with zero attached hydrogens (tertiary/aromatic N) is 1. The van der Waals surface area contributed by atoms with E-state index in [1.165, 1.54) is 0 Å². The molecule has 0 aliphatic carbocycles. The molecule has 0 amide bonds. The van der Waals surface area contributed by atoms with Gasteiger partial charge in [-0.3, -0.25) is 4.99 Å². The molecule has 0 fully saturated rings. The summed E-state index contributed by atoms with van der Waals surface area (Å²) in [4.78, 5) is 4.88. The zero-order valence-corrected chi connectivity index (χ0v) is 19.7. The first kappa shape index (κ1) is 20.1. The lowest BCUT2D eigenvalue weighted by atomic mass is 9.96. The minimum atomic E-state index is 0.258. The topological polar surface area (TPSA) is 32.6 Å². The van der Waals surface area contributed by atoms with Crippen LogP contribution in [0.1, 0.15) is 5.56 Å². The van der Waals surface area contributed by atoms with Crippen LogP contribution in [0.2, 0.25) is 0 Å². The summed E-state index contributed by atoms with van der Waals surface area (Å²) in [6, 6.07) is 30.7. The molecule has 0 aromatic heterocycles. The molecule has 0 spiro atoms. The Balaban J connectivity index is 1.91. The molecule has 29 heavy (non-hydrogen) atoms. The highest BCUT2D eigenvalue weighted by molar-refractivity contribution is 14.1. The molecular formula is C25H17I2NO. The van der Waals surface area contributed by atoms with Gasteiger partial charge >= 0.3 is 0 Å². The van der Waals surface area contributed by atoms with E-state index in [9.17, 15) is 5.11 Å². The number of halogens is 2. The number of hydrogen-bond donors (Lipinski definition) is 1. The smallest absolute Gasteiger partial charge is 0.137 e. The van der Waals surface area contributed by atoms with E-state index in [0.717, 1.165) is 35.1 Å². The number of aromatic hydroxyl groups is 1. The normalized spacial score (nSPS) is 11.1. The maximum absolute atomic E-state index is 10.5. The molecule has 0 heterocycles. The van der Waals surface area contributed by atoms with Crippen LogP contribution in [-0.2, 0) is 0 Å². The predicted octanol–water partition coefficient (Wildman–Crippen LogP) is 7.69. The van der Waals surface area contributed by atoms with Gasteiger partial charge < -0.3 is 5.11 Å². The summed E-state index contributed by atoms with van der Waals surface area (Å²) in [6.07, 6.45) is 1.76. The zero-order chi connectivity index (χ0) is 20.2. The third-order valence-corrected chi connectivity index (χ3v) is 6.04. The van der Waals surface area contributed by atoms with Crippen molar-refractivity contribution in [2.75, 3.05) is 0 Å². The number of para-hydroxylation sites is 1. The summed E-state index contributed by atoms with van der Waals surface area (Å²) in [7, 11) is 0. The molecule has 0 radical (unpaired) electrons. The van der Waals surface area contributed by atoms with Crippen molar-refractivity contribution < 1.29 is 5.11 Å². The molecule has 0 atom stereocenters. The standard InChI is InChI=1S/C25H17I2NO/c26-20-14-19(25(29)23(27)15-20)16-28-24-21(17-8-3-1-4-9-17)12-7-13-22(24)18-10-5-2-6-11-18/h1-16,29H. The van der Waals surface area contributed by atoms with E-state index in [-0.39, 0.29) is 5.75 Å². The van der Waals surface area contributed by atoms with Crippen LogP contribution in [0.25, 0.3) is 22.3 Å². The highest BCUT2D eigenvalue weighted by Gasteiger charge is 2.12. The molecule has 1 N–H and O–H groups in total. The second-order valence-electron chi connectivity index (χ2n) is 6.52. The fraction of sp³-hybridized carbons (Fsp3) is 0. The Morgan fingerprint density at radius 1 is 0.690 bits per heavy atom. The lowest BCUT2D eigenvalue weighted by Gasteiger charge is -2.12. The van der Waals surface area contributed by atoms with Crippen LogP contribution in [0.15, 0.2) is 96.0 Å². The van der Waals surface area contributed by atoms with E-state index >= 15 is 0 Å². The third-order valence-electron chi connectivity index (χ3n) is 4.60. The van der Waals surface area contributed by atoms with E-state index in [4.69, 9.17) is 4.99 Å². The molecule has 0 aliphatic heterocycles. The average Bonchev–Trinajstić information content (AvgIpc) is 2.76. The highest BCUT2D eigenvalue weighted by Crippen LogP contribution is 2.39. The number of benzene rings is 4. The molecule has 4 aromatic rings. The van der Waals surface area contributed by atoms with Gasteiger partial charge in [-0.15, -0.1) is 0 Å². The van der Waals surface area contributed by atoms with E-state index in [1.54, 1.807) is 6.21 Å². The first-order valence-electron chi connectivity index (χ1n) is 9.09. The van der Waals surface area contributed by atoms with Gasteiger partial charge in [0.25, 0.3) is 0 Å². The molecule has 0 saturated carbocycles. The molecule has 0 saturated heterocycles. The second kappa shape index (κ2) is 9.09. The Labute approximate surface area is 197 Å². The van der Waals surface area contributed by atoms with Crippen molar-refractivity contribution in [3.8, 4) is 28.0 Å². The Morgan fingerprint density at radius 2 is 1.24 bits per heavy atom. The van der Waals surface area contributed by atoms with Crippen molar-refractivity contribution in [3.05, 3.63) is 104 Å². The third kappa shape index (κ3) is 4.53. The van der Waals surface area contributed by atoms with E-state index in [1.807, 2.05) is 48.5 Å². The Morgan fingerprint density at radius 3 is 1.79 bits per heavy atom. The molecule has 4 aromatic carbocycles. The fourth-order valence-corrected chi connectivity index (χ4v) is 5.09. The van der Waals surface area contributed by atoms with Gasteiger partial charge in [-0.1, -0.05) is 78.9 Å². The molecule has 0 aliphatic rings. The summed E-state index contributed by atoms with van der Waals surface area (Å²) < 4.78 is 1.88. The Hall–Kier alpha value is -2.19. The van der Waals surface area contributed by atoms with Crippen LogP contribution < -0.4 is 0 Å². The lowest BCUT2D eigenvalue weighted by molar-refractivity contribution is 0.470. The SMILES string of the molecule is Oc1c(I)cc(I)cc1C=Nc1c(-c2ccccc2)cccc1-c1ccccc1. The summed E-state index contributed by atoms with van der Waals surface area (Å²) in [5.41, 5.74) is 5.94. The van der Waals surface area contributed by atoms with Gasteiger partial charge in [-0.25, -0.2) is 0 Å². The molecule has 0 unspecified atom stereocenters. The minimum absolute atomic E-state index is 0.258. The first-order valence-corrected chi connectivity index (χ1v) is 11.2. The molecule has 4 rings (SSSR count). The van der Waals surface area contributed by atoms with Gasteiger partial charge in [0.1, 0.15) is 5.75 Å². The van der Waals surface area contributed by atoms with Crippen LogP contribution in [0, 0.1) is 7.14 Å². The van der Waals surface area contributed by atoms with E-state index < -0.39 is 0 Å². The van der Waals surface area contributed by atoms with Gasteiger partial charge in [0, 0.05) is 26.5 Å². The van der Waals surface area contributed by atoms with E-state index in [0.29, 0.717) is 5.56 Å². The highest BCUT2D eigenvalue weighted by atomic mass is 127. The van der Waals surface area contributed by atoms with Gasteiger partial charge in [-0.2, -0.15) is 0 Å². The maximum Gasteiger partial charge on any atom is 0.137 e. The van der Waals surface area contributed by atoms with E-state index in [2.05, 4.69) is 87.6 Å². The van der Waals surface area contributed by atoms with Crippen molar-refractivity contribution >= 4 is 57.1 Å². The van der Waals surface area contributed by atoms with Gasteiger partial charge in [-0.05, 0) is 68.4 Å². The van der Waals surface area contributed by atoms with Crippen LogP contribution in [0.5, 0.6) is 5.75 Å². The molecule has 2 nitrogen and oxygen atoms in total. The first-order chi connectivity index (χ1) is 14.1. The van der Waals surface area contributed by atoms with Gasteiger partial charge in [0.2, 0.25) is 0 Å². The maximum atomic E-state index is 10.5. The summed E-state index contributed by atoms with van der Waals surface area (Å²) in [5, 5.41) is 10.5. The number of hydrogen-bond acceptors (Lipinski definition) is 2. The number of rotatable bonds is 4. The van der Waals surface area contributed by atoms with Crippen molar-refractivity contribution in [3.63, 3.8) is 0 Å². The van der Waals surface area contributed by atoms with Crippen LogP contribution in [0.3, 0.4) is 0 Å². The average molecular weight is 601 g/mol. The Bertz CT molecular complexity index is 1110. The van der Waals surface area contributed by atoms with Crippen molar-refractivity contribution in [2.24, 2.45) is 4.99 Å².